The van der Waals surface area contributed by atoms with Crippen molar-refractivity contribution >= 4 is 0 Å². The average Bonchev–Trinajstić information content (AvgIpc) is 1.59. The van der Waals surface area contributed by atoms with Crippen molar-refractivity contribution in [3.63, 3.8) is 0 Å². The van der Waals surface area contributed by atoms with Crippen LogP contribution in [0.1, 0.15) is 27.2 Å². The van der Waals surface area contributed by atoms with E-state index in [0.717, 1.165) is 6.42 Å². The molecule has 0 spiro atoms. The number of aliphatic hydroxyl groups is 1. The van der Waals surface area contributed by atoms with Gasteiger partial charge in [-0.25, -0.2) is 0 Å². The van der Waals surface area contributed by atoms with Gasteiger partial charge in [0.1, 0.15) is 0 Å². The van der Waals surface area contributed by atoms with Crippen LogP contribution in [0.2, 0.25) is 0 Å². The monoisotopic (exact) mass is 146 g/mol. The highest BCUT2D eigenvalue weighted by Gasteiger charge is 2.15. The highest BCUT2D eigenvalue weighted by Crippen LogP contribution is 2.20. The summed E-state index contributed by atoms with van der Waals surface area (Å²) in [7, 11) is 1.60. The predicted octanol–water partition coefficient (Wildman–Crippen LogP) is 1.43. The molecular formula is C8H18O2. The van der Waals surface area contributed by atoms with Gasteiger partial charge in [-0.15, -0.1) is 0 Å². The molecule has 0 aromatic rings. The number of aliphatic hydroxyl groups excluding tert-OH is 1. The number of hydrogen-bond donors (Lipinski definition) is 1. The van der Waals surface area contributed by atoms with E-state index in [9.17, 15) is 5.11 Å². The fraction of sp³-hybridized carbons (Fsp3) is 1.00. The van der Waals surface area contributed by atoms with E-state index in [-0.39, 0.29) is 11.5 Å². The molecule has 10 heavy (non-hydrogen) atoms. The van der Waals surface area contributed by atoms with Gasteiger partial charge in [-0.1, -0.05) is 20.8 Å². The fourth-order valence-corrected chi connectivity index (χ4v) is 0.958. The molecule has 0 saturated carbocycles. The summed E-state index contributed by atoms with van der Waals surface area (Å²) in [5.41, 5.74) is 0.192. The quantitative estimate of drug-likeness (QED) is 0.652. The molecule has 62 valence electrons. The van der Waals surface area contributed by atoms with Crippen LogP contribution in [0.15, 0.2) is 0 Å². The topological polar surface area (TPSA) is 29.5 Å². The van der Waals surface area contributed by atoms with Gasteiger partial charge in [0.2, 0.25) is 0 Å². The number of rotatable bonds is 3. The fourth-order valence-electron chi connectivity index (χ4n) is 0.958. The normalized spacial score (nSPS) is 15.3. The Morgan fingerprint density at radius 1 is 1.40 bits per heavy atom. The minimum absolute atomic E-state index is 0.192. The third kappa shape index (κ3) is 6.05. The maximum Gasteiger partial charge on any atom is 0.0778 e. The molecule has 0 amide bonds. The summed E-state index contributed by atoms with van der Waals surface area (Å²) in [6, 6.07) is 0. The number of methoxy groups -OCH3 is 1. The van der Waals surface area contributed by atoms with Gasteiger partial charge in [-0.2, -0.15) is 0 Å². The van der Waals surface area contributed by atoms with Gasteiger partial charge in [0, 0.05) is 7.11 Å². The van der Waals surface area contributed by atoms with Crippen LogP contribution in [0.25, 0.3) is 0 Å². The van der Waals surface area contributed by atoms with Crippen molar-refractivity contribution in [2.45, 2.75) is 33.3 Å². The summed E-state index contributed by atoms with van der Waals surface area (Å²) in [5, 5.41) is 9.26. The Labute approximate surface area is 63.2 Å². The molecule has 0 fully saturated rings. The first-order valence-corrected chi connectivity index (χ1v) is 3.63. The molecule has 0 aliphatic rings. The van der Waals surface area contributed by atoms with Gasteiger partial charge in [0.05, 0.1) is 12.7 Å². The van der Waals surface area contributed by atoms with Gasteiger partial charge in [-0.05, 0) is 11.8 Å². The molecule has 0 unspecified atom stereocenters. The summed E-state index contributed by atoms with van der Waals surface area (Å²) < 4.78 is 4.80. The first-order chi connectivity index (χ1) is 4.45. The largest absolute Gasteiger partial charge is 0.391 e. The zero-order chi connectivity index (χ0) is 8.20. The summed E-state index contributed by atoms with van der Waals surface area (Å²) in [6.45, 7) is 6.75. The highest BCUT2D eigenvalue weighted by molar-refractivity contribution is 4.67. The molecule has 0 heterocycles. The van der Waals surface area contributed by atoms with Crippen LogP contribution in [-0.2, 0) is 4.74 Å². The lowest BCUT2D eigenvalue weighted by Crippen LogP contribution is -2.21. The molecule has 1 atom stereocenters. The van der Waals surface area contributed by atoms with E-state index in [1.807, 2.05) is 0 Å². The van der Waals surface area contributed by atoms with Gasteiger partial charge in [-0.3, -0.25) is 0 Å². The molecular weight excluding hydrogens is 128 g/mol. The van der Waals surface area contributed by atoms with E-state index >= 15 is 0 Å². The first kappa shape index (κ1) is 9.92. The Morgan fingerprint density at radius 3 is 2.20 bits per heavy atom. The van der Waals surface area contributed by atoms with Crippen molar-refractivity contribution in [1.29, 1.82) is 0 Å². The van der Waals surface area contributed by atoms with Crippen molar-refractivity contribution in [2.75, 3.05) is 13.7 Å². The third-order valence-electron chi connectivity index (χ3n) is 1.21. The lowest BCUT2D eigenvalue weighted by molar-refractivity contribution is 0.0382. The van der Waals surface area contributed by atoms with Gasteiger partial charge >= 0.3 is 0 Å². The molecule has 0 rings (SSSR count). The maximum atomic E-state index is 9.26. The minimum atomic E-state index is -0.315. The molecule has 0 aromatic heterocycles. The zero-order valence-electron chi connectivity index (χ0n) is 7.35. The smallest absolute Gasteiger partial charge is 0.0778 e. The van der Waals surface area contributed by atoms with Gasteiger partial charge < -0.3 is 9.84 Å². The van der Waals surface area contributed by atoms with Crippen LogP contribution >= 0.6 is 0 Å². The molecule has 0 radical (unpaired) electrons. The molecule has 0 aliphatic heterocycles. The van der Waals surface area contributed by atoms with Crippen LogP contribution in [0.5, 0.6) is 0 Å². The lowest BCUT2D eigenvalue weighted by atomic mass is 9.89. The van der Waals surface area contributed by atoms with E-state index < -0.39 is 0 Å². The third-order valence-corrected chi connectivity index (χ3v) is 1.21. The van der Waals surface area contributed by atoms with Crippen LogP contribution in [0, 0.1) is 5.41 Å². The SMILES string of the molecule is COC[C@@H](O)CC(C)(C)C. The standard InChI is InChI=1S/C8H18O2/c1-8(2,3)5-7(9)6-10-4/h7,9H,5-6H2,1-4H3/t7-/m0/s1. The zero-order valence-corrected chi connectivity index (χ0v) is 7.35. The van der Waals surface area contributed by atoms with Crippen LogP contribution in [-0.4, -0.2) is 24.9 Å². The average molecular weight is 146 g/mol. The second-order valence-corrected chi connectivity index (χ2v) is 3.87. The molecule has 0 saturated heterocycles. The summed E-state index contributed by atoms with van der Waals surface area (Å²) >= 11 is 0. The van der Waals surface area contributed by atoms with E-state index in [0.29, 0.717) is 6.61 Å². The second kappa shape index (κ2) is 3.94. The minimum Gasteiger partial charge on any atom is -0.391 e. The second-order valence-electron chi connectivity index (χ2n) is 3.87. The Hall–Kier alpha value is -0.0800. The Kier molecular flexibility index (Phi) is 3.91. The maximum absolute atomic E-state index is 9.26. The van der Waals surface area contributed by atoms with Crippen LogP contribution < -0.4 is 0 Å². The van der Waals surface area contributed by atoms with Crippen LogP contribution in [0.3, 0.4) is 0 Å². The predicted molar refractivity (Wildman–Crippen MR) is 42.0 cm³/mol. The van der Waals surface area contributed by atoms with Crippen molar-refractivity contribution < 1.29 is 9.84 Å². The van der Waals surface area contributed by atoms with Crippen molar-refractivity contribution in [2.24, 2.45) is 5.41 Å². The van der Waals surface area contributed by atoms with Gasteiger partial charge in [0.25, 0.3) is 0 Å². The van der Waals surface area contributed by atoms with Crippen molar-refractivity contribution in [3.8, 4) is 0 Å². The first-order valence-electron chi connectivity index (χ1n) is 3.63. The lowest BCUT2D eigenvalue weighted by Gasteiger charge is -2.21. The van der Waals surface area contributed by atoms with Crippen molar-refractivity contribution in [3.05, 3.63) is 0 Å². The van der Waals surface area contributed by atoms with Gasteiger partial charge in [0.15, 0.2) is 0 Å². The Bertz CT molecular complexity index is 83.7. The number of hydrogen-bond acceptors (Lipinski definition) is 2. The highest BCUT2D eigenvalue weighted by atomic mass is 16.5. The Balaban J connectivity index is 3.47. The van der Waals surface area contributed by atoms with Crippen LogP contribution in [0.4, 0.5) is 0 Å². The van der Waals surface area contributed by atoms with E-state index in [2.05, 4.69) is 20.8 Å². The molecule has 0 aromatic carbocycles. The molecule has 0 bridgehead atoms. The van der Waals surface area contributed by atoms with E-state index in [4.69, 9.17) is 4.74 Å². The molecule has 2 heteroatoms. The van der Waals surface area contributed by atoms with E-state index in [1.165, 1.54) is 0 Å². The van der Waals surface area contributed by atoms with Crippen molar-refractivity contribution in [1.82, 2.24) is 0 Å². The summed E-state index contributed by atoms with van der Waals surface area (Å²) in [4.78, 5) is 0. The molecule has 2 nitrogen and oxygen atoms in total. The number of ether oxygens (including phenoxy) is 1. The summed E-state index contributed by atoms with van der Waals surface area (Å²) in [6.07, 6.45) is 0.478. The molecule has 1 N–H and O–H groups in total. The van der Waals surface area contributed by atoms with E-state index in [1.54, 1.807) is 7.11 Å². The summed E-state index contributed by atoms with van der Waals surface area (Å²) in [5.74, 6) is 0. The Morgan fingerprint density at radius 2 is 1.90 bits per heavy atom. The molecule has 0 aliphatic carbocycles.